The van der Waals surface area contributed by atoms with Crippen molar-refractivity contribution in [1.29, 1.82) is 0 Å². The first-order chi connectivity index (χ1) is 10.7. The Labute approximate surface area is 135 Å². The molecule has 0 atom stereocenters. The fourth-order valence-electron chi connectivity index (χ4n) is 1.70. The summed E-state index contributed by atoms with van der Waals surface area (Å²) in [4.78, 5) is 11.3. The number of rotatable bonds is 5. The Balaban J connectivity index is 2.48. The number of anilines is 1. The Morgan fingerprint density at radius 1 is 1.13 bits per heavy atom. The summed E-state index contributed by atoms with van der Waals surface area (Å²) in [5.41, 5.74) is 0.0142. The second-order valence-electron chi connectivity index (χ2n) is 4.57. The molecule has 2 rings (SSSR count). The first kappa shape index (κ1) is 17.2. The average molecular weight is 359 g/mol. The van der Waals surface area contributed by atoms with Crippen LogP contribution in [0.4, 0.5) is 14.5 Å². The number of hydrogen-bond donors (Lipinski definition) is 2. The van der Waals surface area contributed by atoms with E-state index in [0.717, 1.165) is 24.1 Å². The van der Waals surface area contributed by atoms with Crippen molar-refractivity contribution >= 4 is 33.4 Å². The molecular formula is C14H11F2NO4S2. The highest BCUT2D eigenvalue weighted by Gasteiger charge is 2.14. The highest BCUT2D eigenvalue weighted by molar-refractivity contribution is 7.99. The lowest BCUT2D eigenvalue weighted by atomic mass is 10.2. The summed E-state index contributed by atoms with van der Waals surface area (Å²) < 4.78 is 51.7. The van der Waals surface area contributed by atoms with Gasteiger partial charge in [0.25, 0.3) is 0 Å². The molecule has 23 heavy (non-hydrogen) atoms. The predicted octanol–water partition coefficient (Wildman–Crippen LogP) is 3.19. The molecule has 0 spiro atoms. The molecule has 0 aliphatic carbocycles. The molecule has 0 bridgehead atoms. The van der Waals surface area contributed by atoms with Gasteiger partial charge in [0, 0.05) is 15.9 Å². The minimum absolute atomic E-state index is 0.0329. The van der Waals surface area contributed by atoms with Crippen molar-refractivity contribution in [2.24, 2.45) is 0 Å². The molecule has 2 aromatic rings. The summed E-state index contributed by atoms with van der Waals surface area (Å²) in [6.07, 6.45) is 0.936. The zero-order chi connectivity index (χ0) is 17.2. The standard InChI is InChI=1S/C14H11F2NO4S2/c1-23(20,21)17-11-4-2-8(14(18)19)6-13(11)22-12-5-3-9(15)7-10(12)16/h2-7,17H,1H3,(H,18,19). The molecule has 0 fully saturated rings. The van der Waals surface area contributed by atoms with Gasteiger partial charge in [-0.05, 0) is 30.3 Å². The molecule has 0 heterocycles. The lowest BCUT2D eigenvalue weighted by Crippen LogP contribution is -2.11. The van der Waals surface area contributed by atoms with Crippen LogP contribution < -0.4 is 4.72 Å². The Morgan fingerprint density at radius 3 is 2.39 bits per heavy atom. The molecule has 0 radical (unpaired) electrons. The molecule has 9 heteroatoms. The smallest absolute Gasteiger partial charge is 0.335 e. The van der Waals surface area contributed by atoms with Crippen LogP contribution in [0.3, 0.4) is 0 Å². The third kappa shape index (κ3) is 4.67. The van der Waals surface area contributed by atoms with Crippen LogP contribution >= 0.6 is 11.8 Å². The second kappa shape index (κ2) is 6.55. The zero-order valence-corrected chi connectivity index (χ0v) is 13.3. The van der Waals surface area contributed by atoms with Crippen LogP contribution in [0.5, 0.6) is 0 Å². The summed E-state index contributed by atoms with van der Waals surface area (Å²) in [6.45, 7) is 0. The van der Waals surface area contributed by atoms with Crippen molar-refractivity contribution in [2.75, 3.05) is 11.0 Å². The number of carboxylic acids is 1. The molecule has 0 saturated heterocycles. The largest absolute Gasteiger partial charge is 0.478 e. The summed E-state index contributed by atoms with van der Waals surface area (Å²) in [5, 5.41) is 9.02. The Bertz CT molecular complexity index is 869. The number of benzene rings is 2. The number of carboxylic acid groups (broad SMARTS) is 1. The second-order valence-corrected chi connectivity index (χ2v) is 7.40. The first-order valence-electron chi connectivity index (χ1n) is 6.14. The Morgan fingerprint density at radius 2 is 1.83 bits per heavy atom. The van der Waals surface area contributed by atoms with Gasteiger partial charge in [-0.25, -0.2) is 22.0 Å². The van der Waals surface area contributed by atoms with E-state index in [-0.39, 0.29) is 21.0 Å². The van der Waals surface area contributed by atoms with Crippen molar-refractivity contribution in [3.63, 3.8) is 0 Å². The van der Waals surface area contributed by atoms with Crippen molar-refractivity contribution in [2.45, 2.75) is 9.79 Å². The molecule has 2 N–H and O–H groups in total. The molecule has 0 aromatic heterocycles. The van der Waals surface area contributed by atoms with E-state index in [4.69, 9.17) is 5.11 Å². The highest BCUT2D eigenvalue weighted by atomic mass is 32.2. The first-order valence-corrected chi connectivity index (χ1v) is 8.84. The third-order valence-corrected chi connectivity index (χ3v) is 4.34. The van der Waals surface area contributed by atoms with Gasteiger partial charge in [-0.1, -0.05) is 11.8 Å². The Hall–Kier alpha value is -2.13. The van der Waals surface area contributed by atoms with E-state index >= 15 is 0 Å². The van der Waals surface area contributed by atoms with Gasteiger partial charge in [0.2, 0.25) is 10.0 Å². The quantitative estimate of drug-likeness (QED) is 0.857. The maximum absolute atomic E-state index is 13.7. The van der Waals surface area contributed by atoms with Gasteiger partial charge in [-0.15, -0.1) is 0 Å². The van der Waals surface area contributed by atoms with E-state index < -0.39 is 27.6 Å². The van der Waals surface area contributed by atoms with Crippen LogP contribution in [0.2, 0.25) is 0 Å². The maximum Gasteiger partial charge on any atom is 0.335 e. The molecule has 0 saturated carbocycles. The van der Waals surface area contributed by atoms with Gasteiger partial charge in [0.1, 0.15) is 11.6 Å². The lowest BCUT2D eigenvalue weighted by molar-refractivity contribution is 0.0696. The van der Waals surface area contributed by atoms with Crippen molar-refractivity contribution in [3.8, 4) is 0 Å². The Kier molecular flexibility index (Phi) is 4.90. The van der Waals surface area contributed by atoms with E-state index in [2.05, 4.69) is 4.72 Å². The van der Waals surface area contributed by atoms with Crippen LogP contribution in [0.1, 0.15) is 10.4 Å². The fraction of sp³-hybridized carbons (Fsp3) is 0.0714. The molecule has 0 aliphatic heterocycles. The third-order valence-electron chi connectivity index (χ3n) is 2.64. The topological polar surface area (TPSA) is 83.5 Å². The number of hydrogen-bond acceptors (Lipinski definition) is 4. The van der Waals surface area contributed by atoms with Crippen molar-refractivity contribution < 1.29 is 27.1 Å². The monoisotopic (exact) mass is 359 g/mol. The van der Waals surface area contributed by atoms with Crippen LogP contribution in [0, 0.1) is 11.6 Å². The molecule has 2 aromatic carbocycles. The highest BCUT2D eigenvalue weighted by Crippen LogP contribution is 2.36. The van der Waals surface area contributed by atoms with E-state index in [1.807, 2.05) is 0 Å². The van der Waals surface area contributed by atoms with Crippen LogP contribution in [0.15, 0.2) is 46.2 Å². The van der Waals surface area contributed by atoms with Crippen LogP contribution in [-0.2, 0) is 10.0 Å². The molecule has 0 unspecified atom stereocenters. The average Bonchev–Trinajstić information content (AvgIpc) is 2.41. The normalized spacial score (nSPS) is 11.3. The summed E-state index contributed by atoms with van der Waals surface area (Å²) in [5.74, 6) is -2.79. The van der Waals surface area contributed by atoms with E-state index in [1.54, 1.807) is 0 Å². The van der Waals surface area contributed by atoms with E-state index in [9.17, 15) is 22.0 Å². The molecule has 5 nitrogen and oxygen atoms in total. The van der Waals surface area contributed by atoms with Crippen LogP contribution in [0.25, 0.3) is 0 Å². The summed E-state index contributed by atoms with van der Waals surface area (Å²) >= 11 is 0.790. The van der Waals surface area contributed by atoms with Gasteiger partial charge >= 0.3 is 5.97 Å². The molecule has 0 aliphatic rings. The van der Waals surface area contributed by atoms with Crippen LogP contribution in [-0.4, -0.2) is 25.7 Å². The summed E-state index contributed by atoms with van der Waals surface area (Å²) in [6, 6.07) is 6.63. The molecule has 0 amide bonds. The molecule has 122 valence electrons. The van der Waals surface area contributed by atoms with Crippen molar-refractivity contribution in [3.05, 3.63) is 53.6 Å². The van der Waals surface area contributed by atoms with Gasteiger partial charge in [-0.3, -0.25) is 4.72 Å². The van der Waals surface area contributed by atoms with Gasteiger partial charge in [-0.2, -0.15) is 0 Å². The number of halogens is 2. The fourth-order valence-corrected chi connectivity index (χ4v) is 3.29. The number of aromatic carboxylic acids is 1. The van der Waals surface area contributed by atoms with Crippen molar-refractivity contribution in [1.82, 2.24) is 0 Å². The van der Waals surface area contributed by atoms with Gasteiger partial charge in [0.05, 0.1) is 17.5 Å². The maximum atomic E-state index is 13.7. The zero-order valence-electron chi connectivity index (χ0n) is 11.7. The minimum Gasteiger partial charge on any atom is -0.478 e. The predicted molar refractivity (Wildman–Crippen MR) is 82.3 cm³/mol. The minimum atomic E-state index is -3.61. The lowest BCUT2D eigenvalue weighted by Gasteiger charge is -2.12. The van der Waals surface area contributed by atoms with Gasteiger partial charge < -0.3 is 5.11 Å². The SMILES string of the molecule is CS(=O)(=O)Nc1ccc(C(=O)O)cc1Sc1ccc(F)cc1F. The summed E-state index contributed by atoms with van der Waals surface area (Å²) in [7, 11) is -3.61. The van der Waals surface area contributed by atoms with E-state index in [1.165, 1.54) is 24.3 Å². The number of carbonyl (C=O) groups is 1. The molecular weight excluding hydrogens is 348 g/mol. The van der Waals surface area contributed by atoms with Gasteiger partial charge in [0.15, 0.2) is 0 Å². The number of sulfonamides is 1. The van der Waals surface area contributed by atoms with E-state index in [0.29, 0.717) is 6.07 Å². The number of nitrogens with one attached hydrogen (secondary N) is 1.